The second kappa shape index (κ2) is 5.69. The highest BCUT2D eigenvalue weighted by atomic mass is 16.6. The van der Waals surface area contributed by atoms with E-state index < -0.39 is 46.2 Å². The third-order valence-corrected chi connectivity index (χ3v) is 6.95. The summed E-state index contributed by atoms with van der Waals surface area (Å²) in [6.45, 7) is 9.65. The second-order valence-electron chi connectivity index (χ2n) is 8.53. The van der Waals surface area contributed by atoms with Crippen LogP contribution in [0.4, 0.5) is 0 Å². The van der Waals surface area contributed by atoms with Gasteiger partial charge in [-0.3, -0.25) is 14.4 Å². The van der Waals surface area contributed by atoms with E-state index in [1.54, 1.807) is 12.2 Å². The topological polar surface area (TPSA) is 89.9 Å². The molecule has 1 spiro atoms. The van der Waals surface area contributed by atoms with Crippen LogP contribution in [0.5, 0.6) is 0 Å². The Kier molecular flexibility index (Phi) is 4.09. The van der Waals surface area contributed by atoms with Gasteiger partial charge in [0.1, 0.15) is 5.92 Å². The number of rotatable bonds is 4. The minimum absolute atomic E-state index is 0.0795. The predicted octanol–water partition coefficient (Wildman–Crippen LogP) is 2.73. The van der Waals surface area contributed by atoms with Crippen LogP contribution in [0, 0.1) is 28.6 Å². The van der Waals surface area contributed by atoms with Gasteiger partial charge in [-0.05, 0) is 23.8 Å². The zero-order valence-corrected chi connectivity index (χ0v) is 15.7. The Morgan fingerprint density at radius 2 is 2.08 bits per heavy atom. The first-order chi connectivity index (χ1) is 12.0. The molecule has 2 aliphatic carbocycles. The minimum atomic E-state index is -1.35. The molecule has 26 heavy (non-hydrogen) atoms. The Bertz CT molecular complexity index is 720. The van der Waals surface area contributed by atoms with Gasteiger partial charge in [-0.15, -0.1) is 6.58 Å². The number of hydrogen-bond acceptors (Lipinski definition) is 5. The Balaban J connectivity index is 2.27. The summed E-state index contributed by atoms with van der Waals surface area (Å²) in [5.74, 6) is -3.61. The number of carbonyl (C=O) groups is 3. The number of methoxy groups -OCH3 is 1. The predicted molar refractivity (Wildman–Crippen MR) is 93.0 cm³/mol. The van der Waals surface area contributed by atoms with Crippen LogP contribution in [0.25, 0.3) is 0 Å². The van der Waals surface area contributed by atoms with Gasteiger partial charge in [0.15, 0.2) is 5.60 Å². The van der Waals surface area contributed by atoms with Crippen LogP contribution < -0.4 is 0 Å². The van der Waals surface area contributed by atoms with Gasteiger partial charge in [0, 0.05) is 11.3 Å². The molecule has 2 fully saturated rings. The summed E-state index contributed by atoms with van der Waals surface area (Å²) in [6.07, 6.45) is 4.66. The molecule has 0 amide bonds. The van der Waals surface area contributed by atoms with Crippen molar-refractivity contribution in [1.29, 1.82) is 0 Å². The molecule has 2 aliphatic heterocycles. The minimum Gasteiger partial charge on any atom is -0.481 e. The second-order valence-corrected chi connectivity index (χ2v) is 8.53. The number of allylic oxidation sites excluding steroid dienone is 1. The van der Waals surface area contributed by atoms with Crippen LogP contribution in [-0.4, -0.2) is 35.7 Å². The van der Waals surface area contributed by atoms with Gasteiger partial charge in [0.05, 0.1) is 19.4 Å². The summed E-state index contributed by atoms with van der Waals surface area (Å²) in [5.41, 5.74) is -2.00. The highest BCUT2D eigenvalue weighted by Gasteiger charge is 2.72. The van der Waals surface area contributed by atoms with Crippen LogP contribution in [-0.2, 0) is 23.9 Å². The Morgan fingerprint density at radius 1 is 1.42 bits per heavy atom. The summed E-state index contributed by atoms with van der Waals surface area (Å²) < 4.78 is 10.7. The van der Waals surface area contributed by atoms with Gasteiger partial charge in [-0.2, -0.15) is 0 Å². The molecule has 2 bridgehead atoms. The van der Waals surface area contributed by atoms with Gasteiger partial charge in [-0.25, -0.2) is 0 Å². The van der Waals surface area contributed by atoms with Crippen LogP contribution in [0.3, 0.4) is 0 Å². The van der Waals surface area contributed by atoms with Crippen molar-refractivity contribution in [2.75, 3.05) is 7.11 Å². The lowest BCUT2D eigenvalue weighted by atomic mass is 9.44. The number of esters is 2. The first-order valence-corrected chi connectivity index (χ1v) is 8.92. The lowest BCUT2D eigenvalue weighted by Gasteiger charge is -2.64. The molecular formula is C20H26O6. The number of fused-ring (bicyclic) bond motifs is 1. The van der Waals surface area contributed by atoms with Crippen molar-refractivity contribution in [3.8, 4) is 0 Å². The van der Waals surface area contributed by atoms with Crippen molar-refractivity contribution in [2.45, 2.75) is 45.6 Å². The number of hydrogen-bond donors (Lipinski definition) is 1. The molecular weight excluding hydrogens is 336 g/mol. The number of ether oxygens (including phenoxy) is 2. The first-order valence-electron chi connectivity index (χ1n) is 8.92. The third-order valence-electron chi connectivity index (χ3n) is 6.95. The lowest BCUT2D eigenvalue weighted by molar-refractivity contribution is -0.235. The van der Waals surface area contributed by atoms with E-state index in [1.165, 1.54) is 7.11 Å². The van der Waals surface area contributed by atoms with Crippen LogP contribution in [0.2, 0.25) is 0 Å². The van der Waals surface area contributed by atoms with E-state index in [9.17, 15) is 19.5 Å². The molecule has 1 saturated carbocycles. The van der Waals surface area contributed by atoms with Crippen molar-refractivity contribution in [3.05, 3.63) is 24.3 Å². The molecule has 0 radical (unpaired) electrons. The molecule has 2 heterocycles. The maximum atomic E-state index is 12.7. The SMILES string of the molecule is C=CC1(C)CCC2C(C)(C)C3C=C(CC(=O)OC)C2(OC3=O)C1C(=O)O. The van der Waals surface area contributed by atoms with Crippen molar-refractivity contribution < 1.29 is 29.0 Å². The highest BCUT2D eigenvalue weighted by Crippen LogP contribution is 2.66. The van der Waals surface area contributed by atoms with Crippen LogP contribution >= 0.6 is 0 Å². The first kappa shape index (κ1) is 18.7. The Hall–Kier alpha value is -2.11. The van der Waals surface area contributed by atoms with E-state index in [0.717, 1.165) is 0 Å². The maximum absolute atomic E-state index is 12.7. The summed E-state index contributed by atoms with van der Waals surface area (Å²) in [5, 5.41) is 10.1. The summed E-state index contributed by atoms with van der Waals surface area (Å²) >= 11 is 0. The third kappa shape index (κ3) is 2.20. The molecule has 0 aromatic rings. The molecule has 5 unspecified atom stereocenters. The average molecular weight is 362 g/mol. The van der Waals surface area contributed by atoms with E-state index >= 15 is 0 Å². The molecule has 4 rings (SSSR count). The number of carboxylic acid groups (broad SMARTS) is 1. The molecule has 1 N–H and O–H groups in total. The number of carboxylic acids is 1. The zero-order chi connectivity index (χ0) is 19.5. The monoisotopic (exact) mass is 362 g/mol. The Morgan fingerprint density at radius 3 is 2.62 bits per heavy atom. The van der Waals surface area contributed by atoms with Gasteiger partial charge >= 0.3 is 17.9 Å². The maximum Gasteiger partial charge on any atom is 0.314 e. The van der Waals surface area contributed by atoms with E-state index in [-0.39, 0.29) is 12.3 Å². The molecule has 0 aromatic heterocycles. The number of aliphatic carboxylic acids is 1. The summed E-state index contributed by atoms with van der Waals surface area (Å²) in [7, 11) is 1.29. The lowest BCUT2D eigenvalue weighted by Crippen LogP contribution is -2.71. The van der Waals surface area contributed by atoms with Crippen LogP contribution in [0.15, 0.2) is 24.3 Å². The molecule has 6 heteroatoms. The quantitative estimate of drug-likeness (QED) is 0.611. The van der Waals surface area contributed by atoms with Crippen LogP contribution in [0.1, 0.15) is 40.0 Å². The molecule has 4 aliphatic rings. The van der Waals surface area contributed by atoms with Crippen molar-refractivity contribution >= 4 is 17.9 Å². The fourth-order valence-corrected chi connectivity index (χ4v) is 5.51. The summed E-state index contributed by atoms with van der Waals surface area (Å²) in [6, 6.07) is 0. The van der Waals surface area contributed by atoms with E-state index in [1.807, 2.05) is 20.8 Å². The molecule has 1 saturated heterocycles. The van der Waals surface area contributed by atoms with E-state index in [2.05, 4.69) is 6.58 Å². The Labute approximate surface area is 153 Å². The van der Waals surface area contributed by atoms with Gasteiger partial charge < -0.3 is 14.6 Å². The summed E-state index contributed by atoms with van der Waals surface area (Å²) in [4.78, 5) is 37.1. The van der Waals surface area contributed by atoms with E-state index in [0.29, 0.717) is 18.4 Å². The van der Waals surface area contributed by atoms with E-state index in [4.69, 9.17) is 9.47 Å². The largest absolute Gasteiger partial charge is 0.481 e. The fourth-order valence-electron chi connectivity index (χ4n) is 5.51. The average Bonchev–Trinajstić information content (AvgIpc) is 2.55. The standard InChI is InChI=1S/C20H26O6/c1-6-19(4)8-7-13-18(2,3)12-9-11(10-14(21)25-5)20(13,26-17(12)24)15(19)16(22)23/h6,9,12-13,15H,1,7-8,10H2,2-5H3,(H,22,23). The molecule has 0 aromatic carbocycles. The number of carbonyl (C=O) groups excluding carboxylic acids is 2. The van der Waals surface area contributed by atoms with Crippen molar-refractivity contribution in [1.82, 2.24) is 0 Å². The van der Waals surface area contributed by atoms with Gasteiger partial charge in [0.25, 0.3) is 0 Å². The van der Waals surface area contributed by atoms with Crippen molar-refractivity contribution in [3.63, 3.8) is 0 Å². The molecule has 142 valence electrons. The van der Waals surface area contributed by atoms with Gasteiger partial charge in [0.2, 0.25) is 0 Å². The van der Waals surface area contributed by atoms with Gasteiger partial charge in [-0.1, -0.05) is 32.9 Å². The molecule has 5 atom stereocenters. The fraction of sp³-hybridized carbons (Fsp3) is 0.650. The normalized spacial score (nSPS) is 40.1. The van der Waals surface area contributed by atoms with Crippen molar-refractivity contribution in [2.24, 2.45) is 28.6 Å². The highest BCUT2D eigenvalue weighted by molar-refractivity contribution is 5.85. The molecule has 6 nitrogen and oxygen atoms in total. The smallest absolute Gasteiger partial charge is 0.314 e. The zero-order valence-electron chi connectivity index (χ0n) is 15.7.